The number of amides is 1. The Morgan fingerprint density at radius 2 is 1.94 bits per heavy atom. The first-order chi connectivity index (χ1) is 16.9. The van der Waals surface area contributed by atoms with Gasteiger partial charge < -0.3 is 24.3 Å². The highest BCUT2D eigenvalue weighted by Gasteiger charge is 2.32. The Balaban J connectivity index is 1.78. The minimum Gasteiger partial charge on any atom is -0.494 e. The van der Waals surface area contributed by atoms with E-state index in [0.717, 1.165) is 12.1 Å². The van der Waals surface area contributed by atoms with Crippen LogP contribution in [0.25, 0.3) is 22.0 Å². The SMILES string of the molecule is COc1c(-c2ccc(F)cc2F)c(Cl)cc2c(N3CCN(C(=O)OC(C)(C)C)C[C@@H]3C)nc(=O)[nH]c12. The van der Waals surface area contributed by atoms with E-state index in [1.165, 1.54) is 13.2 Å². The van der Waals surface area contributed by atoms with E-state index in [0.29, 0.717) is 30.8 Å². The lowest BCUT2D eigenvalue weighted by molar-refractivity contribution is 0.0218. The Morgan fingerprint density at radius 1 is 1.22 bits per heavy atom. The molecular formula is C25H27ClF2N4O4. The van der Waals surface area contributed by atoms with Gasteiger partial charge in [0, 0.05) is 48.3 Å². The number of aromatic amines is 1. The fourth-order valence-electron chi connectivity index (χ4n) is 4.35. The zero-order valence-corrected chi connectivity index (χ0v) is 21.4. The summed E-state index contributed by atoms with van der Waals surface area (Å²) in [6.07, 6.45) is -0.409. The van der Waals surface area contributed by atoms with Crippen molar-refractivity contribution in [3.63, 3.8) is 0 Å². The number of carbonyl (C=O) groups is 1. The first-order valence-electron chi connectivity index (χ1n) is 11.4. The summed E-state index contributed by atoms with van der Waals surface area (Å²) in [5.74, 6) is -1.06. The van der Waals surface area contributed by atoms with E-state index in [4.69, 9.17) is 21.1 Å². The summed E-state index contributed by atoms with van der Waals surface area (Å²) in [6, 6.07) is 4.50. The van der Waals surface area contributed by atoms with Gasteiger partial charge in [0.1, 0.15) is 23.1 Å². The number of anilines is 1. The molecule has 0 unspecified atom stereocenters. The first-order valence-corrected chi connectivity index (χ1v) is 11.8. The lowest BCUT2D eigenvalue weighted by Crippen LogP contribution is -2.55. The zero-order valence-electron chi connectivity index (χ0n) is 20.6. The molecule has 4 rings (SSSR count). The van der Waals surface area contributed by atoms with Gasteiger partial charge in [0.25, 0.3) is 0 Å². The molecule has 0 radical (unpaired) electrons. The van der Waals surface area contributed by atoms with Crippen molar-refractivity contribution in [3.8, 4) is 16.9 Å². The van der Waals surface area contributed by atoms with Gasteiger partial charge in [-0.1, -0.05) is 11.6 Å². The van der Waals surface area contributed by atoms with Gasteiger partial charge in [-0.15, -0.1) is 0 Å². The van der Waals surface area contributed by atoms with Gasteiger partial charge in [-0.2, -0.15) is 4.98 Å². The number of methoxy groups -OCH3 is 1. The predicted octanol–water partition coefficient (Wildman–Crippen LogP) is 4.98. The molecule has 0 aliphatic carbocycles. The summed E-state index contributed by atoms with van der Waals surface area (Å²) in [6.45, 7) is 8.43. The summed E-state index contributed by atoms with van der Waals surface area (Å²) in [5.41, 5.74) is -0.766. The number of hydrogen-bond donors (Lipinski definition) is 1. The van der Waals surface area contributed by atoms with Crippen LogP contribution in [0.5, 0.6) is 5.75 Å². The van der Waals surface area contributed by atoms with Gasteiger partial charge in [-0.05, 0) is 45.9 Å². The van der Waals surface area contributed by atoms with Crippen LogP contribution in [-0.2, 0) is 4.74 Å². The number of hydrogen-bond acceptors (Lipinski definition) is 6. The van der Waals surface area contributed by atoms with Crippen LogP contribution in [0.3, 0.4) is 0 Å². The summed E-state index contributed by atoms with van der Waals surface area (Å²) >= 11 is 6.60. The first kappa shape index (κ1) is 25.7. The van der Waals surface area contributed by atoms with Crippen molar-refractivity contribution < 1.29 is 23.0 Å². The molecule has 1 N–H and O–H groups in total. The Hall–Kier alpha value is -3.40. The Labute approximate surface area is 211 Å². The topological polar surface area (TPSA) is 87.8 Å². The fraction of sp³-hybridized carbons (Fsp3) is 0.400. The minimum atomic E-state index is -0.821. The van der Waals surface area contributed by atoms with E-state index >= 15 is 0 Å². The lowest BCUT2D eigenvalue weighted by atomic mass is 10.0. The molecule has 2 heterocycles. The van der Waals surface area contributed by atoms with Gasteiger partial charge in [0.2, 0.25) is 0 Å². The van der Waals surface area contributed by atoms with Gasteiger partial charge >= 0.3 is 11.8 Å². The number of fused-ring (bicyclic) bond motifs is 1. The number of carbonyl (C=O) groups excluding carboxylic acids is 1. The fourth-order valence-corrected chi connectivity index (χ4v) is 4.65. The van der Waals surface area contributed by atoms with E-state index in [2.05, 4.69) is 9.97 Å². The largest absolute Gasteiger partial charge is 0.494 e. The van der Waals surface area contributed by atoms with Crippen LogP contribution in [0.15, 0.2) is 29.1 Å². The molecule has 1 amide bonds. The number of piperazine rings is 1. The molecule has 0 saturated carbocycles. The molecule has 1 aliphatic rings. The predicted molar refractivity (Wildman–Crippen MR) is 134 cm³/mol. The standard InChI is InChI=1S/C25H27ClF2N4O4/c1-13-12-31(24(34)36-25(2,3)4)8-9-32(13)22-16-11-17(26)19(15-7-6-14(27)10-18(15)28)21(35-5)20(16)29-23(33)30-22/h6-7,10-11,13H,8-9,12H2,1-5H3,(H,29,30,33)/t13-/m0/s1. The average Bonchev–Trinajstić information content (AvgIpc) is 2.77. The number of aromatic nitrogens is 2. The third-order valence-electron chi connectivity index (χ3n) is 5.87. The maximum atomic E-state index is 14.6. The molecule has 1 aromatic heterocycles. The molecular weight excluding hydrogens is 494 g/mol. The van der Waals surface area contributed by atoms with E-state index in [1.54, 1.807) is 31.7 Å². The number of ether oxygens (including phenoxy) is 2. The van der Waals surface area contributed by atoms with E-state index in [-0.39, 0.29) is 33.5 Å². The second-order valence-corrected chi connectivity index (χ2v) is 10.1. The van der Waals surface area contributed by atoms with Crippen molar-refractivity contribution in [1.29, 1.82) is 0 Å². The molecule has 8 nitrogen and oxygen atoms in total. The number of nitrogens with one attached hydrogen (secondary N) is 1. The summed E-state index contributed by atoms with van der Waals surface area (Å²) < 4.78 is 39.2. The molecule has 192 valence electrons. The van der Waals surface area contributed by atoms with Crippen molar-refractivity contribution in [2.45, 2.75) is 39.3 Å². The molecule has 1 aliphatic heterocycles. The number of benzene rings is 2. The van der Waals surface area contributed by atoms with Crippen molar-refractivity contribution in [2.75, 3.05) is 31.6 Å². The quantitative estimate of drug-likeness (QED) is 0.524. The average molecular weight is 521 g/mol. The molecule has 1 fully saturated rings. The molecule has 11 heteroatoms. The van der Waals surface area contributed by atoms with Crippen LogP contribution >= 0.6 is 11.6 Å². The third kappa shape index (κ3) is 4.95. The second kappa shape index (κ2) is 9.57. The van der Waals surface area contributed by atoms with Crippen LogP contribution in [0, 0.1) is 11.6 Å². The van der Waals surface area contributed by atoms with Crippen LogP contribution in [-0.4, -0.2) is 59.3 Å². The highest BCUT2D eigenvalue weighted by molar-refractivity contribution is 6.35. The van der Waals surface area contributed by atoms with Crippen molar-refractivity contribution in [2.24, 2.45) is 0 Å². The van der Waals surface area contributed by atoms with E-state index in [9.17, 15) is 18.4 Å². The summed E-state index contributed by atoms with van der Waals surface area (Å²) in [7, 11) is 1.37. The van der Waals surface area contributed by atoms with Gasteiger partial charge in [0.05, 0.1) is 17.6 Å². The van der Waals surface area contributed by atoms with Crippen molar-refractivity contribution in [1.82, 2.24) is 14.9 Å². The van der Waals surface area contributed by atoms with Crippen LogP contribution in [0.2, 0.25) is 5.02 Å². The molecule has 3 aromatic rings. The highest BCUT2D eigenvalue weighted by Crippen LogP contribution is 2.44. The molecule has 0 spiro atoms. The van der Waals surface area contributed by atoms with Crippen LogP contribution < -0.4 is 15.3 Å². The van der Waals surface area contributed by atoms with Gasteiger partial charge in [-0.25, -0.2) is 18.4 Å². The normalized spacial score (nSPS) is 16.4. The molecule has 1 saturated heterocycles. The lowest BCUT2D eigenvalue weighted by Gasteiger charge is -2.41. The Morgan fingerprint density at radius 3 is 2.56 bits per heavy atom. The minimum absolute atomic E-state index is 0.0266. The van der Waals surface area contributed by atoms with Crippen molar-refractivity contribution >= 4 is 34.4 Å². The third-order valence-corrected chi connectivity index (χ3v) is 6.17. The maximum Gasteiger partial charge on any atom is 0.410 e. The zero-order chi connectivity index (χ0) is 26.4. The smallest absolute Gasteiger partial charge is 0.410 e. The summed E-state index contributed by atoms with van der Waals surface area (Å²) in [4.78, 5) is 35.5. The molecule has 0 bridgehead atoms. The maximum absolute atomic E-state index is 14.6. The number of nitrogens with zero attached hydrogens (tertiary/aromatic N) is 3. The van der Waals surface area contributed by atoms with Gasteiger partial charge in [-0.3, -0.25) is 0 Å². The summed E-state index contributed by atoms with van der Waals surface area (Å²) in [5, 5.41) is 0.625. The van der Waals surface area contributed by atoms with E-state index in [1.807, 2.05) is 11.8 Å². The van der Waals surface area contributed by atoms with Crippen molar-refractivity contribution in [3.05, 3.63) is 51.4 Å². The van der Waals surface area contributed by atoms with Gasteiger partial charge in [0.15, 0.2) is 5.75 Å². The Kier molecular flexibility index (Phi) is 6.83. The monoisotopic (exact) mass is 520 g/mol. The number of H-pyrrole nitrogens is 1. The van der Waals surface area contributed by atoms with Crippen LogP contribution in [0.1, 0.15) is 27.7 Å². The Bertz CT molecular complexity index is 1390. The van der Waals surface area contributed by atoms with E-state index < -0.39 is 29.0 Å². The highest BCUT2D eigenvalue weighted by atomic mass is 35.5. The molecule has 1 atom stereocenters. The van der Waals surface area contributed by atoms with Crippen LogP contribution in [0.4, 0.5) is 19.4 Å². The molecule has 2 aromatic carbocycles. The number of halogens is 3. The number of rotatable bonds is 3. The second-order valence-electron chi connectivity index (χ2n) is 9.65. The molecule has 36 heavy (non-hydrogen) atoms.